The Morgan fingerprint density at radius 1 is 1.38 bits per heavy atom. The maximum absolute atomic E-state index is 12.1. The third-order valence-corrected chi connectivity index (χ3v) is 5.11. The van der Waals surface area contributed by atoms with Crippen molar-refractivity contribution in [2.75, 3.05) is 13.1 Å². The van der Waals surface area contributed by atoms with E-state index in [-0.39, 0.29) is 11.8 Å². The number of nitrogens with zero attached hydrogens (tertiary/aromatic N) is 3. The Morgan fingerprint density at radius 3 is 3.05 bits per heavy atom. The Bertz CT molecular complexity index is 633. The third kappa shape index (κ3) is 2.72. The molecule has 2 aromatic heterocycles. The molecule has 1 saturated heterocycles. The topological polar surface area (TPSA) is 59.2 Å². The van der Waals surface area contributed by atoms with E-state index in [1.165, 1.54) is 4.88 Å². The molecule has 3 heterocycles. The summed E-state index contributed by atoms with van der Waals surface area (Å²) in [7, 11) is 0. The number of carbonyl (C=O) groups is 1. The van der Waals surface area contributed by atoms with Gasteiger partial charge in [0.15, 0.2) is 5.82 Å². The van der Waals surface area contributed by atoms with E-state index in [9.17, 15) is 4.79 Å². The van der Waals surface area contributed by atoms with Crippen molar-refractivity contribution >= 4 is 17.2 Å². The van der Waals surface area contributed by atoms with E-state index in [0.717, 1.165) is 31.6 Å². The average molecular weight is 303 g/mol. The fourth-order valence-corrected chi connectivity index (χ4v) is 3.47. The van der Waals surface area contributed by atoms with Crippen LogP contribution in [0.15, 0.2) is 22.0 Å². The summed E-state index contributed by atoms with van der Waals surface area (Å²) < 4.78 is 5.36. The quantitative estimate of drug-likeness (QED) is 0.852. The first kappa shape index (κ1) is 13.0. The van der Waals surface area contributed by atoms with Crippen LogP contribution in [-0.4, -0.2) is 34.0 Å². The van der Waals surface area contributed by atoms with Crippen molar-refractivity contribution in [2.45, 2.75) is 37.5 Å². The van der Waals surface area contributed by atoms with Crippen LogP contribution in [0.1, 0.15) is 47.7 Å². The van der Waals surface area contributed by atoms with E-state index in [1.54, 1.807) is 11.3 Å². The summed E-state index contributed by atoms with van der Waals surface area (Å²) in [5.74, 6) is 2.23. The van der Waals surface area contributed by atoms with E-state index in [2.05, 4.69) is 21.6 Å². The summed E-state index contributed by atoms with van der Waals surface area (Å²) in [6, 6.07) is 4.16. The minimum Gasteiger partial charge on any atom is -0.342 e. The van der Waals surface area contributed by atoms with Crippen LogP contribution in [-0.2, 0) is 11.2 Å². The number of amides is 1. The molecule has 1 saturated carbocycles. The molecule has 2 aromatic rings. The molecule has 21 heavy (non-hydrogen) atoms. The van der Waals surface area contributed by atoms with Crippen molar-refractivity contribution < 1.29 is 9.32 Å². The van der Waals surface area contributed by atoms with Crippen molar-refractivity contribution in [1.29, 1.82) is 0 Å². The van der Waals surface area contributed by atoms with Gasteiger partial charge in [-0.1, -0.05) is 11.2 Å². The van der Waals surface area contributed by atoms with Crippen molar-refractivity contribution in [1.82, 2.24) is 15.0 Å². The Morgan fingerprint density at radius 2 is 2.29 bits per heavy atom. The highest BCUT2D eigenvalue weighted by Crippen LogP contribution is 2.39. The fourth-order valence-electron chi connectivity index (χ4n) is 2.77. The molecule has 2 fully saturated rings. The maximum Gasteiger partial charge on any atom is 0.232 e. The standard InChI is InChI=1S/C15H17N3O2S/c19-13-8-11(15-16-14(17-20-15)10-3-4-10)9-18(13)6-5-12-2-1-7-21-12/h1-2,7,10-11H,3-6,8-9H2. The molecular formula is C15H17N3O2S. The molecule has 0 radical (unpaired) electrons. The smallest absolute Gasteiger partial charge is 0.232 e. The number of carbonyl (C=O) groups excluding carboxylic acids is 1. The molecule has 0 N–H and O–H groups in total. The minimum absolute atomic E-state index is 0.0702. The lowest BCUT2D eigenvalue weighted by atomic mass is 10.1. The highest BCUT2D eigenvalue weighted by atomic mass is 32.1. The van der Waals surface area contributed by atoms with Crippen LogP contribution < -0.4 is 0 Å². The molecule has 6 heteroatoms. The van der Waals surface area contributed by atoms with Crippen LogP contribution in [0.4, 0.5) is 0 Å². The van der Waals surface area contributed by atoms with Crippen LogP contribution in [0.25, 0.3) is 0 Å². The number of thiophene rings is 1. The van der Waals surface area contributed by atoms with Gasteiger partial charge in [0.2, 0.25) is 11.8 Å². The maximum atomic E-state index is 12.1. The van der Waals surface area contributed by atoms with E-state index < -0.39 is 0 Å². The van der Waals surface area contributed by atoms with E-state index >= 15 is 0 Å². The molecule has 0 spiro atoms. The Kier molecular flexibility index (Phi) is 3.25. The predicted octanol–water partition coefficient (Wildman–Crippen LogP) is 2.57. The van der Waals surface area contributed by atoms with Crippen molar-refractivity contribution in [2.24, 2.45) is 0 Å². The Balaban J connectivity index is 1.38. The lowest BCUT2D eigenvalue weighted by Crippen LogP contribution is -2.27. The van der Waals surface area contributed by atoms with Crippen molar-refractivity contribution in [3.05, 3.63) is 34.1 Å². The summed E-state index contributed by atoms with van der Waals surface area (Å²) in [6.07, 6.45) is 3.75. The third-order valence-electron chi connectivity index (χ3n) is 4.17. The van der Waals surface area contributed by atoms with Gasteiger partial charge in [-0.25, -0.2) is 0 Å². The highest BCUT2D eigenvalue weighted by molar-refractivity contribution is 7.09. The molecule has 1 aliphatic heterocycles. The van der Waals surface area contributed by atoms with Gasteiger partial charge in [-0.3, -0.25) is 4.79 Å². The van der Waals surface area contributed by atoms with Gasteiger partial charge >= 0.3 is 0 Å². The summed E-state index contributed by atoms with van der Waals surface area (Å²) in [4.78, 5) is 19.8. The molecule has 0 aromatic carbocycles. The molecule has 1 unspecified atom stereocenters. The van der Waals surface area contributed by atoms with Gasteiger partial charge in [-0.15, -0.1) is 11.3 Å². The van der Waals surface area contributed by atoms with Gasteiger partial charge in [-0.05, 0) is 30.7 Å². The normalized spacial score (nSPS) is 22.2. The number of hydrogen-bond acceptors (Lipinski definition) is 5. The van der Waals surface area contributed by atoms with Crippen LogP contribution in [0, 0.1) is 0 Å². The van der Waals surface area contributed by atoms with Crippen LogP contribution >= 0.6 is 11.3 Å². The van der Waals surface area contributed by atoms with Crippen molar-refractivity contribution in [3.8, 4) is 0 Å². The molecule has 0 bridgehead atoms. The second kappa shape index (κ2) is 5.26. The molecular weight excluding hydrogens is 286 g/mol. The van der Waals surface area contributed by atoms with Gasteiger partial charge in [0.1, 0.15) is 0 Å². The summed E-state index contributed by atoms with van der Waals surface area (Å²) in [5.41, 5.74) is 0. The largest absolute Gasteiger partial charge is 0.342 e. The second-order valence-electron chi connectivity index (χ2n) is 5.84. The zero-order chi connectivity index (χ0) is 14.2. The molecule has 110 valence electrons. The molecule has 5 nitrogen and oxygen atoms in total. The zero-order valence-electron chi connectivity index (χ0n) is 11.7. The summed E-state index contributed by atoms with van der Waals surface area (Å²) in [6.45, 7) is 1.48. The van der Waals surface area contributed by atoms with Gasteiger partial charge < -0.3 is 9.42 Å². The van der Waals surface area contributed by atoms with Crippen LogP contribution in [0.3, 0.4) is 0 Å². The van der Waals surface area contributed by atoms with Gasteiger partial charge in [0.05, 0.1) is 5.92 Å². The molecule has 1 amide bonds. The highest BCUT2D eigenvalue weighted by Gasteiger charge is 2.36. The minimum atomic E-state index is 0.0702. The van der Waals surface area contributed by atoms with Gasteiger partial charge in [0, 0.05) is 30.3 Å². The van der Waals surface area contributed by atoms with Crippen LogP contribution in [0.5, 0.6) is 0 Å². The fraction of sp³-hybridized carbons (Fsp3) is 0.533. The van der Waals surface area contributed by atoms with E-state index in [4.69, 9.17) is 4.52 Å². The monoisotopic (exact) mass is 303 g/mol. The van der Waals surface area contributed by atoms with Crippen molar-refractivity contribution in [3.63, 3.8) is 0 Å². The van der Waals surface area contributed by atoms with Crippen LogP contribution in [0.2, 0.25) is 0 Å². The molecule has 1 aliphatic carbocycles. The number of rotatable bonds is 5. The predicted molar refractivity (Wildman–Crippen MR) is 78.2 cm³/mol. The van der Waals surface area contributed by atoms with E-state index in [1.807, 2.05) is 11.0 Å². The number of hydrogen-bond donors (Lipinski definition) is 0. The second-order valence-corrected chi connectivity index (χ2v) is 6.87. The summed E-state index contributed by atoms with van der Waals surface area (Å²) >= 11 is 1.74. The lowest BCUT2D eigenvalue weighted by molar-refractivity contribution is -0.127. The SMILES string of the molecule is O=C1CC(c2nc(C3CC3)no2)CN1CCc1cccs1. The first-order valence-electron chi connectivity index (χ1n) is 7.43. The Hall–Kier alpha value is -1.69. The Labute approximate surface area is 127 Å². The lowest BCUT2D eigenvalue weighted by Gasteiger charge is -2.15. The van der Waals surface area contributed by atoms with Gasteiger partial charge in [0.25, 0.3) is 0 Å². The molecule has 2 aliphatic rings. The molecule has 4 rings (SSSR count). The van der Waals surface area contributed by atoms with E-state index in [0.29, 0.717) is 24.8 Å². The zero-order valence-corrected chi connectivity index (χ0v) is 12.5. The summed E-state index contributed by atoms with van der Waals surface area (Å²) in [5, 5.41) is 6.12. The first-order valence-corrected chi connectivity index (χ1v) is 8.31. The average Bonchev–Trinajstić information content (AvgIpc) is 2.94. The first-order chi connectivity index (χ1) is 10.3. The number of aromatic nitrogens is 2. The number of likely N-dealkylation sites (tertiary alicyclic amines) is 1. The molecule has 1 atom stereocenters. The van der Waals surface area contributed by atoms with Gasteiger partial charge in [-0.2, -0.15) is 4.98 Å².